The lowest BCUT2D eigenvalue weighted by atomic mass is 9.93. The number of benzene rings is 3. The van der Waals surface area contributed by atoms with Crippen molar-refractivity contribution in [3.8, 4) is 5.75 Å². The van der Waals surface area contributed by atoms with Crippen molar-refractivity contribution in [2.75, 3.05) is 26.1 Å². The molecule has 1 aromatic heterocycles. The maximum Gasteiger partial charge on any atom is 0.344 e. The molecule has 0 fully saturated rings. The van der Waals surface area contributed by atoms with Gasteiger partial charge in [0.15, 0.2) is 11.4 Å². The second kappa shape index (κ2) is 15.1. The molecule has 0 radical (unpaired) electrons. The molecule has 0 unspecified atom stereocenters. The number of nitrogens with zero attached hydrogens (tertiary/aromatic N) is 2. The lowest BCUT2D eigenvalue weighted by molar-refractivity contribution is -0.145. The topological polar surface area (TPSA) is 96.2 Å². The highest BCUT2D eigenvalue weighted by Gasteiger charge is 2.35. The minimum absolute atomic E-state index is 0.173. The summed E-state index contributed by atoms with van der Waals surface area (Å²) >= 11 is 7.19. The Morgan fingerprint density at radius 3 is 2.40 bits per heavy atom. The first kappa shape index (κ1) is 33.4. The Kier molecular flexibility index (Phi) is 11.2. The molecule has 2 heterocycles. The molecule has 1 aliphatic rings. The van der Waals surface area contributed by atoms with Crippen molar-refractivity contribution in [3.05, 3.63) is 116 Å². The summed E-state index contributed by atoms with van der Waals surface area (Å²) in [6.07, 6.45) is 3.74. The fourth-order valence-corrected chi connectivity index (χ4v) is 8.30. The first-order valence-electron chi connectivity index (χ1n) is 14.0. The Morgan fingerprint density at radius 2 is 1.73 bits per heavy atom. The molecule has 3 aromatic carbocycles. The van der Waals surface area contributed by atoms with Crippen LogP contribution in [-0.2, 0) is 19.1 Å². The third-order valence-electron chi connectivity index (χ3n) is 6.77. The molecule has 0 saturated heterocycles. The van der Waals surface area contributed by atoms with Gasteiger partial charge < -0.3 is 14.2 Å². The van der Waals surface area contributed by atoms with Crippen LogP contribution >= 0.6 is 68.3 Å². The second-order valence-corrected chi connectivity index (χ2v) is 13.9. The molecule has 0 spiro atoms. The van der Waals surface area contributed by atoms with Crippen LogP contribution in [0.5, 0.6) is 5.75 Å². The van der Waals surface area contributed by atoms with Gasteiger partial charge in [0, 0.05) is 19.6 Å². The molecule has 232 valence electrons. The Bertz CT molecular complexity index is 1950. The van der Waals surface area contributed by atoms with Gasteiger partial charge >= 0.3 is 11.9 Å². The normalized spacial score (nSPS) is 14.5. The van der Waals surface area contributed by atoms with Gasteiger partial charge in [0.25, 0.3) is 5.56 Å². The van der Waals surface area contributed by atoms with Crippen LogP contribution in [0, 0.1) is 7.14 Å². The molecule has 12 heteroatoms. The first-order chi connectivity index (χ1) is 21.7. The maximum absolute atomic E-state index is 14.3. The Balaban J connectivity index is 1.76. The molecule has 0 bridgehead atoms. The highest BCUT2D eigenvalue weighted by molar-refractivity contribution is 14.1. The molecule has 5 rings (SSSR count). The number of halogens is 2. The van der Waals surface area contributed by atoms with E-state index in [1.807, 2.05) is 73.0 Å². The number of hydrogen-bond acceptors (Lipinski definition) is 9. The van der Waals surface area contributed by atoms with E-state index in [1.165, 1.54) is 11.3 Å². The van der Waals surface area contributed by atoms with Gasteiger partial charge in [-0.1, -0.05) is 53.8 Å². The van der Waals surface area contributed by atoms with E-state index in [0.29, 0.717) is 31.9 Å². The largest absolute Gasteiger partial charge is 0.480 e. The zero-order valence-corrected chi connectivity index (χ0v) is 30.5. The predicted molar refractivity (Wildman–Crippen MR) is 193 cm³/mol. The van der Waals surface area contributed by atoms with E-state index in [-0.39, 0.29) is 25.4 Å². The van der Waals surface area contributed by atoms with Crippen molar-refractivity contribution in [2.45, 2.75) is 24.8 Å². The van der Waals surface area contributed by atoms with Gasteiger partial charge in [0.1, 0.15) is 5.75 Å². The van der Waals surface area contributed by atoms with Crippen LogP contribution in [0.2, 0.25) is 0 Å². The standard InChI is InChI=1S/C33H28I2N2O6S2/c1-4-41-26(38)18-43-30-21(15-22(34)17-24(30)35)16-25-31(39)37-29(20-11-13-23(44-3)14-12-20)27(32(40)42-5-2)28(36-33(37)45-25)19-9-7-6-8-10-19/h6-17,29H,4-5,18H2,1-3H3/b25-16-/t29-/m1/s1. The number of rotatable bonds is 10. The summed E-state index contributed by atoms with van der Waals surface area (Å²) in [6.45, 7) is 3.65. The predicted octanol–water partition coefficient (Wildman–Crippen LogP) is 5.81. The first-order valence-corrected chi connectivity index (χ1v) is 18.1. The summed E-state index contributed by atoms with van der Waals surface area (Å²) in [7, 11) is 0. The van der Waals surface area contributed by atoms with Crippen molar-refractivity contribution >= 4 is 92.0 Å². The van der Waals surface area contributed by atoms with Crippen LogP contribution in [0.1, 0.15) is 36.6 Å². The van der Waals surface area contributed by atoms with E-state index in [1.54, 1.807) is 36.3 Å². The number of thioether (sulfide) groups is 1. The highest BCUT2D eigenvalue weighted by Crippen LogP contribution is 2.36. The molecule has 45 heavy (non-hydrogen) atoms. The van der Waals surface area contributed by atoms with E-state index in [0.717, 1.165) is 23.2 Å². The van der Waals surface area contributed by atoms with Crippen LogP contribution in [0.3, 0.4) is 0 Å². The van der Waals surface area contributed by atoms with Crippen LogP contribution in [0.15, 0.2) is 87.0 Å². The Hall–Kier alpha value is -2.95. The number of carbonyl (C=O) groups is 2. The molecule has 0 amide bonds. The molecule has 4 aromatic rings. The number of thiazole rings is 1. The number of fused-ring (bicyclic) bond motifs is 1. The van der Waals surface area contributed by atoms with Gasteiger partial charge in [-0.15, -0.1) is 11.8 Å². The van der Waals surface area contributed by atoms with Gasteiger partial charge in [0.05, 0.1) is 38.6 Å². The zero-order chi connectivity index (χ0) is 32.1. The lowest BCUT2D eigenvalue weighted by Gasteiger charge is -2.26. The molecule has 0 saturated carbocycles. The lowest BCUT2D eigenvalue weighted by Crippen LogP contribution is -2.40. The molecular weight excluding hydrogens is 838 g/mol. The van der Waals surface area contributed by atoms with Gasteiger partial charge in [-0.05, 0) is 101 Å². The fraction of sp³-hybridized carbons (Fsp3) is 0.212. The number of ether oxygens (including phenoxy) is 3. The van der Waals surface area contributed by atoms with Crippen LogP contribution in [-0.4, -0.2) is 42.6 Å². The van der Waals surface area contributed by atoms with Gasteiger partial charge in [0.2, 0.25) is 0 Å². The quantitative estimate of drug-likeness (QED) is 0.113. The van der Waals surface area contributed by atoms with Gasteiger partial charge in [-0.3, -0.25) is 9.36 Å². The fourth-order valence-electron chi connectivity index (χ4n) is 4.86. The minimum atomic E-state index is -0.774. The summed E-state index contributed by atoms with van der Waals surface area (Å²) in [5.74, 6) is -0.545. The molecule has 8 nitrogen and oxygen atoms in total. The van der Waals surface area contributed by atoms with Crippen molar-refractivity contribution in [1.29, 1.82) is 0 Å². The molecule has 0 N–H and O–H groups in total. The Labute approximate surface area is 295 Å². The number of esters is 2. The molecule has 1 atom stereocenters. The summed E-state index contributed by atoms with van der Waals surface area (Å²) in [5, 5.41) is 0. The summed E-state index contributed by atoms with van der Waals surface area (Å²) in [6, 6.07) is 20.3. The molecule has 0 aliphatic carbocycles. The van der Waals surface area contributed by atoms with Crippen molar-refractivity contribution in [2.24, 2.45) is 4.99 Å². The zero-order valence-electron chi connectivity index (χ0n) is 24.5. The monoisotopic (exact) mass is 866 g/mol. The van der Waals surface area contributed by atoms with Crippen molar-refractivity contribution < 1.29 is 23.8 Å². The molecule has 1 aliphatic heterocycles. The highest BCUT2D eigenvalue weighted by atomic mass is 127. The van der Waals surface area contributed by atoms with E-state index in [2.05, 4.69) is 45.2 Å². The van der Waals surface area contributed by atoms with Gasteiger partial charge in [-0.25, -0.2) is 14.6 Å². The third kappa shape index (κ3) is 7.39. The van der Waals surface area contributed by atoms with E-state index in [9.17, 15) is 14.4 Å². The number of carbonyl (C=O) groups excluding carboxylic acids is 2. The number of hydrogen-bond donors (Lipinski definition) is 0. The van der Waals surface area contributed by atoms with Crippen LogP contribution in [0.4, 0.5) is 0 Å². The van der Waals surface area contributed by atoms with E-state index < -0.39 is 18.0 Å². The molecular formula is C33H28I2N2O6S2. The smallest absolute Gasteiger partial charge is 0.344 e. The second-order valence-electron chi connectivity index (χ2n) is 9.60. The summed E-state index contributed by atoms with van der Waals surface area (Å²) in [4.78, 5) is 46.5. The van der Waals surface area contributed by atoms with Crippen molar-refractivity contribution in [1.82, 2.24) is 4.57 Å². The minimum Gasteiger partial charge on any atom is -0.480 e. The Morgan fingerprint density at radius 1 is 1.02 bits per heavy atom. The maximum atomic E-state index is 14.3. The van der Waals surface area contributed by atoms with Crippen LogP contribution < -0.4 is 19.6 Å². The SMILES string of the molecule is CCOC(=O)COc1c(I)cc(I)cc1/C=c1\sc2n(c1=O)[C@H](c1ccc(SC)cc1)C(C(=O)OCC)=C(c1ccccc1)N=2. The average molecular weight is 867 g/mol. The van der Waals surface area contributed by atoms with E-state index in [4.69, 9.17) is 19.2 Å². The third-order valence-corrected chi connectivity index (χ3v) is 9.92. The van der Waals surface area contributed by atoms with Gasteiger partial charge in [-0.2, -0.15) is 0 Å². The average Bonchev–Trinajstić information content (AvgIpc) is 3.34. The summed E-state index contributed by atoms with van der Waals surface area (Å²) < 4.78 is 20.2. The van der Waals surface area contributed by atoms with Crippen molar-refractivity contribution in [3.63, 3.8) is 0 Å². The number of aromatic nitrogens is 1. The van der Waals surface area contributed by atoms with E-state index >= 15 is 0 Å². The van der Waals surface area contributed by atoms with Crippen LogP contribution in [0.25, 0.3) is 11.8 Å². The summed E-state index contributed by atoms with van der Waals surface area (Å²) in [5.41, 5.74) is 2.58.